The van der Waals surface area contributed by atoms with Gasteiger partial charge in [0.2, 0.25) is 5.91 Å². The quantitative estimate of drug-likeness (QED) is 0.640. The minimum absolute atomic E-state index is 0.0624. The van der Waals surface area contributed by atoms with Crippen LogP contribution in [-0.4, -0.2) is 54.4 Å². The molecule has 140 valence electrons. The molecule has 1 aliphatic heterocycles. The molecule has 2 aromatic carbocycles. The zero-order valence-corrected chi connectivity index (χ0v) is 14.7. The monoisotopic (exact) mass is 368 g/mol. The Kier molecular flexibility index (Phi) is 5.65. The summed E-state index contributed by atoms with van der Waals surface area (Å²) < 4.78 is 0. The molecule has 1 N–H and O–H groups in total. The van der Waals surface area contributed by atoms with Crippen LogP contribution in [0.3, 0.4) is 0 Å². The fourth-order valence-corrected chi connectivity index (χ4v) is 3.04. The van der Waals surface area contributed by atoms with E-state index >= 15 is 0 Å². The number of nitro groups is 1. The van der Waals surface area contributed by atoms with Crippen LogP contribution in [0.15, 0.2) is 54.6 Å². The SMILES string of the molecule is O=C(NCC(=O)N1CCN(c2ccccc2[N+](=O)[O-])CC1)c1ccccc1. The molecule has 0 aromatic heterocycles. The number of amides is 2. The second-order valence-electron chi connectivity index (χ2n) is 6.16. The number of hydrogen-bond acceptors (Lipinski definition) is 5. The zero-order chi connectivity index (χ0) is 19.2. The van der Waals surface area contributed by atoms with E-state index in [1.54, 1.807) is 47.4 Å². The molecule has 1 fully saturated rings. The molecule has 0 spiro atoms. The summed E-state index contributed by atoms with van der Waals surface area (Å²) in [5.74, 6) is -0.455. The van der Waals surface area contributed by atoms with Gasteiger partial charge < -0.3 is 15.1 Å². The molecule has 0 saturated carbocycles. The van der Waals surface area contributed by atoms with Gasteiger partial charge in [-0.15, -0.1) is 0 Å². The van der Waals surface area contributed by atoms with Gasteiger partial charge in [-0.3, -0.25) is 19.7 Å². The van der Waals surface area contributed by atoms with Crippen molar-refractivity contribution in [3.05, 3.63) is 70.3 Å². The van der Waals surface area contributed by atoms with E-state index in [1.807, 2.05) is 11.0 Å². The number of benzene rings is 2. The smallest absolute Gasteiger partial charge is 0.292 e. The molecule has 8 heteroatoms. The summed E-state index contributed by atoms with van der Waals surface area (Å²) in [5.41, 5.74) is 1.13. The maximum atomic E-state index is 12.3. The lowest BCUT2D eigenvalue weighted by molar-refractivity contribution is -0.384. The summed E-state index contributed by atoms with van der Waals surface area (Å²) in [6.07, 6.45) is 0. The Morgan fingerprint density at radius 2 is 1.59 bits per heavy atom. The molecule has 8 nitrogen and oxygen atoms in total. The molecule has 2 amide bonds. The van der Waals surface area contributed by atoms with E-state index in [0.717, 1.165) is 0 Å². The van der Waals surface area contributed by atoms with Gasteiger partial charge >= 0.3 is 0 Å². The minimum Gasteiger partial charge on any atom is -0.362 e. The Balaban J connectivity index is 1.53. The lowest BCUT2D eigenvalue weighted by Crippen LogP contribution is -2.51. The van der Waals surface area contributed by atoms with Crippen LogP contribution in [-0.2, 0) is 4.79 Å². The van der Waals surface area contributed by atoms with Crippen molar-refractivity contribution in [2.24, 2.45) is 0 Å². The summed E-state index contributed by atoms with van der Waals surface area (Å²) in [5, 5.41) is 13.8. The summed E-state index contributed by atoms with van der Waals surface area (Å²) in [6.45, 7) is 1.84. The topological polar surface area (TPSA) is 95.8 Å². The van der Waals surface area contributed by atoms with E-state index in [-0.39, 0.29) is 24.0 Å². The van der Waals surface area contributed by atoms with Gasteiger partial charge in [-0.25, -0.2) is 0 Å². The second kappa shape index (κ2) is 8.31. The Bertz CT molecular complexity index is 833. The van der Waals surface area contributed by atoms with Crippen LogP contribution in [0.1, 0.15) is 10.4 Å². The lowest BCUT2D eigenvalue weighted by atomic mass is 10.2. The summed E-state index contributed by atoms with van der Waals surface area (Å²) in [7, 11) is 0. The highest BCUT2D eigenvalue weighted by molar-refractivity contribution is 5.96. The van der Waals surface area contributed by atoms with Crippen molar-refractivity contribution >= 4 is 23.2 Å². The van der Waals surface area contributed by atoms with Gasteiger partial charge in [0.25, 0.3) is 11.6 Å². The maximum absolute atomic E-state index is 12.3. The van der Waals surface area contributed by atoms with Gasteiger partial charge in [-0.2, -0.15) is 0 Å². The van der Waals surface area contributed by atoms with E-state index in [1.165, 1.54) is 6.07 Å². The van der Waals surface area contributed by atoms with Gasteiger partial charge in [-0.05, 0) is 18.2 Å². The van der Waals surface area contributed by atoms with E-state index in [9.17, 15) is 19.7 Å². The number of para-hydroxylation sites is 2. The standard InChI is InChI=1S/C19H20N4O4/c24-18(14-20-19(25)15-6-2-1-3-7-15)22-12-10-21(11-13-22)16-8-4-5-9-17(16)23(26)27/h1-9H,10-14H2,(H,20,25). The van der Waals surface area contributed by atoms with E-state index in [2.05, 4.69) is 5.32 Å². The molecule has 0 atom stereocenters. The highest BCUT2D eigenvalue weighted by atomic mass is 16.6. The Hall–Kier alpha value is -3.42. The van der Waals surface area contributed by atoms with E-state index in [4.69, 9.17) is 0 Å². The predicted molar refractivity (Wildman–Crippen MR) is 101 cm³/mol. The van der Waals surface area contributed by atoms with Crippen molar-refractivity contribution in [2.75, 3.05) is 37.6 Å². The predicted octanol–water partition coefficient (Wildman–Crippen LogP) is 1.67. The molecular formula is C19H20N4O4. The molecular weight excluding hydrogens is 348 g/mol. The first-order valence-electron chi connectivity index (χ1n) is 8.65. The van der Waals surface area contributed by atoms with Crippen LogP contribution < -0.4 is 10.2 Å². The molecule has 0 unspecified atom stereocenters. The van der Waals surface area contributed by atoms with Crippen molar-refractivity contribution in [1.29, 1.82) is 0 Å². The van der Waals surface area contributed by atoms with Crippen molar-refractivity contribution in [3.8, 4) is 0 Å². The lowest BCUT2D eigenvalue weighted by Gasteiger charge is -2.35. The van der Waals surface area contributed by atoms with Crippen LogP contribution in [0.5, 0.6) is 0 Å². The molecule has 0 aliphatic carbocycles. The van der Waals surface area contributed by atoms with Gasteiger partial charge in [0.05, 0.1) is 11.5 Å². The molecule has 2 aromatic rings. The zero-order valence-electron chi connectivity index (χ0n) is 14.7. The number of anilines is 1. The number of nitrogens with zero attached hydrogens (tertiary/aromatic N) is 3. The molecule has 1 aliphatic rings. The number of piperazine rings is 1. The fourth-order valence-electron chi connectivity index (χ4n) is 3.04. The van der Waals surface area contributed by atoms with Gasteiger partial charge in [0.1, 0.15) is 5.69 Å². The third-order valence-electron chi connectivity index (χ3n) is 4.49. The van der Waals surface area contributed by atoms with Crippen LogP contribution in [0.4, 0.5) is 11.4 Å². The Morgan fingerprint density at radius 3 is 2.26 bits per heavy atom. The van der Waals surface area contributed by atoms with Gasteiger partial charge in [0, 0.05) is 37.8 Å². The first-order chi connectivity index (χ1) is 13.1. The number of nitrogens with one attached hydrogen (secondary N) is 1. The van der Waals surface area contributed by atoms with E-state index < -0.39 is 4.92 Å². The van der Waals surface area contributed by atoms with Crippen molar-refractivity contribution < 1.29 is 14.5 Å². The van der Waals surface area contributed by atoms with Crippen LogP contribution >= 0.6 is 0 Å². The van der Waals surface area contributed by atoms with Crippen LogP contribution in [0.25, 0.3) is 0 Å². The van der Waals surface area contributed by atoms with Crippen molar-refractivity contribution in [3.63, 3.8) is 0 Å². The summed E-state index contributed by atoms with van der Waals surface area (Å²) >= 11 is 0. The van der Waals surface area contributed by atoms with Crippen molar-refractivity contribution in [1.82, 2.24) is 10.2 Å². The van der Waals surface area contributed by atoms with Crippen molar-refractivity contribution in [2.45, 2.75) is 0 Å². The average molecular weight is 368 g/mol. The number of carbonyl (C=O) groups excluding carboxylic acids is 2. The molecule has 27 heavy (non-hydrogen) atoms. The molecule has 1 heterocycles. The number of nitro benzene ring substituents is 1. The number of rotatable bonds is 5. The van der Waals surface area contributed by atoms with E-state index in [0.29, 0.717) is 37.4 Å². The average Bonchev–Trinajstić information content (AvgIpc) is 2.72. The second-order valence-corrected chi connectivity index (χ2v) is 6.16. The fraction of sp³-hybridized carbons (Fsp3) is 0.263. The molecule has 0 radical (unpaired) electrons. The van der Waals surface area contributed by atoms with Gasteiger partial charge in [-0.1, -0.05) is 30.3 Å². The van der Waals surface area contributed by atoms with Gasteiger partial charge in [0.15, 0.2) is 0 Å². The molecule has 1 saturated heterocycles. The Labute approximate surface area is 156 Å². The Morgan fingerprint density at radius 1 is 0.963 bits per heavy atom. The molecule has 0 bridgehead atoms. The highest BCUT2D eigenvalue weighted by Crippen LogP contribution is 2.28. The highest BCUT2D eigenvalue weighted by Gasteiger charge is 2.25. The number of carbonyl (C=O) groups is 2. The largest absolute Gasteiger partial charge is 0.362 e. The summed E-state index contributed by atoms with van der Waals surface area (Å²) in [6, 6.07) is 15.3. The van der Waals surface area contributed by atoms with Crippen LogP contribution in [0, 0.1) is 10.1 Å². The first-order valence-corrected chi connectivity index (χ1v) is 8.65. The summed E-state index contributed by atoms with van der Waals surface area (Å²) in [4.78, 5) is 38.7. The molecule has 3 rings (SSSR count). The number of hydrogen-bond donors (Lipinski definition) is 1. The third-order valence-corrected chi connectivity index (χ3v) is 4.49. The normalized spacial score (nSPS) is 13.9. The minimum atomic E-state index is -0.397. The maximum Gasteiger partial charge on any atom is 0.292 e. The third kappa shape index (κ3) is 4.41. The van der Waals surface area contributed by atoms with Crippen LogP contribution in [0.2, 0.25) is 0 Å². The first kappa shape index (κ1) is 18.4.